The van der Waals surface area contributed by atoms with Crippen molar-refractivity contribution in [1.82, 2.24) is 0 Å². The zero-order chi connectivity index (χ0) is 25.3. The average molecular weight is 493 g/mol. The third-order valence-corrected chi connectivity index (χ3v) is 6.00. The molecule has 0 bridgehead atoms. The molecule has 0 saturated carbocycles. The number of ether oxygens (including phenoxy) is 4. The van der Waals surface area contributed by atoms with E-state index in [4.69, 9.17) is 25.4 Å². The predicted molar refractivity (Wildman–Crippen MR) is 114 cm³/mol. The van der Waals surface area contributed by atoms with E-state index in [2.05, 4.69) is 5.92 Å². The van der Waals surface area contributed by atoms with E-state index in [0.717, 1.165) is 32.1 Å². The zero-order valence-corrected chi connectivity index (χ0v) is 18.9. The van der Waals surface area contributed by atoms with Crippen LogP contribution in [0.3, 0.4) is 0 Å². The summed E-state index contributed by atoms with van der Waals surface area (Å²) in [5.74, 6) is -0.241. The van der Waals surface area contributed by atoms with Gasteiger partial charge in [0.05, 0.1) is 6.61 Å². The van der Waals surface area contributed by atoms with Crippen LogP contribution in [0.2, 0.25) is 0 Å². The van der Waals surface area contributed by atoms with Crippen molar-refractivity contribution in [3.63, 3.8) is 0 Å². The maximum Gasteiger partial charge on any atom is 0.305 e. The Morgan fingerprint density at radius 2 is 1.59 bits per heavy atom. The summed E-state index contributed by atoms with van der Waals surface area (Å²) in [6, 6.07) is 0. The molecule has 7 N–H and O–H groups in total. The van der Waals surface area contributed by atoms with E-state index in [9.17, 15) is 40.5 Å². The first-order valence-electron chi connectivity index (χ1n) is 11.4. The van der Waals surface area contributed by atoms with Gasteiger partial charge >= 0.3 is 5.97 Å². The Kier molecular flexibility index (Phi) is 11.6. The van der Waals surface area contributed by atoms with E-state index < -0.39 is 80.6 Å². The van der Waals surface area contributed by atoms with Crippen molar-refractivity contribution in [3.05, 3.63) is 0 Å². The van der Waals surface area contributed by atoms with E-state index in [0.29, 0.717) is 6.42 Å². The van der Waals surface area contributed by atoms with E-state index in [1.165, 1.54) is 0 Å². The minimum atomic E-state index is -2.28. The number of aliphatic hydroxyl groups is 7. The topological polar surface area (TPSA) is 196 Å². The third-order valence-electron chi connectivity index (χ3n) is 6.00. The average Bonchev–Trinajstić information content (AvgIpc) is 3.08. The van der Waals surface area contributed by atoms with Gasteiger partial charge in [-0.25, -0.2) is 0 Å². The van der Waals surface area contributed by atoms with Crippen molar-refractivity contribution in [2.24, 2.45) is 0 Å². The highest BCUT2D eigenvalue weighted by molar-refractivity contribution is 5.69. The van der Waals surface area contributed by atoms with Gasteiger partial charge in [0.1, 0.15) is 55.9 Å². The number of hydrogen-bond acceptors (Lipinski definition) is 12. The van der Waals surface area contributed by atoms with Crippen LogP contribution in [0.4, 0.5) is 0 Å². The summed E-state index contributed by atoms with van der Waals surface area (Å²) < 4.78 is 21.2. The SMILES string of the molecule is C#CCCCCCCCC(=O)OC[C@H]1O[C@H](O[C@]2(CO)O[C@H](CO)[C@@H](O)[C@@H]2O)[C@H](O)[C@@H](O)[C@@H]1O. The molecule has 34 heavy (non-hydrogen) atoms. The molecule has 0 unspecified atom stereocenters. The van der Waals surface area contributed by atoms with Crippen LogP contribution in [0.1, 0.15) is 44.9 Å². The molecular formula is C22H36O12. The molecule has 2 heterocycles. The van der Waals surface area contributed by atoms with Crippen molar-refractivity contribution in [2.75, 3.05) is 19.8 Å². The number of hydrogen-bond donors (Lipinski definition) is 7. The van der Waals surface area contributed by atoms with Crippen molar-refractivity contribution >= 4 is 5.97 Å². The molecule has 0 aromatic carbocycles. The van der Waals surface area contributed by atoms with Gasteiger partial charge < -0.3 is 54.7 Å². The first-order valence-corrected chi connectivity index (χ1v) is 11.4. The standard InChI is InChI=1S/C22H36O12/c1-2-3-4-5-6-7-8-9-15(25)31-11-14-16(26)18(28)19(29)21(32-14)34-22(12-24)20(30)17(27)13(10-23)33-22/h1,13-14,16-21,23-24,26-30H,3-12H2/t13-,14-,16-,17-,18+,19-,20+,21-,22+/m1/s1. The molecular weight excluding hydrogens is 456 g/mol. The molecule has 0 aliphatic carbocycles. The van der Waals surface area contributed by atoms with Crippen molar-refractivity contribution in [3.8, 4) is 12.3 Å². The van der Waals surface area contributed by atoms with Crippen LogP contribution < -0.4 is 0 Å². The highest BCUT2D eigenvalue weighted by Gasteiger charge is 2.58. The summed E-state index contributed by atoms with van der Waals surface area (Å²) in [4.78, 5) is 12.0. The van der Waals surface area contributed by atoms with E-state index >= 15 is 0 Å². The lowest BCUT2D eigenvalue weighted by atomic mass is 9.99. The van der Waals surface area contributed by atoms with Gasteiger partial charge in [0.2, 0.25) is 5.79 Å². The molecule has 12 heteroatoms. The van der Waals surface area contributed by atoms with Crippen molar-refractivity contribution in [1.29, 1.82) is 0 Å². The molecule has 0 spiro atoms. The van der Waals surface area contributed by atoms with Crippen molar-refractivity contribution in [2.45, 2.75) is 99.8 Å². The van der Waals surface area contributed by atoms with E-state index in [-0.39, 0.29) is 6.42 Å². The highest BCUT2D eigenvalue weighted by atomic mass is 16.8. The minimum absolute atomic E-state index is 0.150. The van der Waals surface area contributed by atoms with Gasteiger partial charge in [-0.1, -0.05) is 19.3 Å². The number of esters is 1. The van der Waals surface area contributed by atoms with Crippen LogP contribution in [-0.2, 0) is 23.7 Å². The number of aliphatic hydroxyl groups excluding tert-OH is 7. The molecule has 2 fully saturated rings. The fourth-order valence-electron chi connectivity index (χ4n) is 3.89. The van der Waals surface area contributed by atoms with Gasteiger partial charge in [-0.15, -0.1) is 12.3 Å². The van der Waals surface area contributed by atoms with Crippen molar-refractivity contribution < 1.29 is 59.5 Å². The first kappa shape index (κ1) is 28.9. The van der Waals surface area contributed by atoms with E-state index in [1.807, 2.05) is 0 Å². The molecule has 0 aromatic heterocycles. The molecule has 9 atom stereocenters. The molecule has 0 amide bonds. The number of carbonyl (C=O) groups excluding carboxylic acids is 1. The predicted octanol–water partition coefficient (Wildman–Crippen LogP) is -2.48. The van der Waals surface area contributed by atoms with Crippen LogP contribution in [0.15, 0.2) is 0 Å². The Bertz CT molecular complexity index is 669. The quantitative estimate of drug-likeness (QED) is 0.0813. The molecule has 0 aromatic rings. The third kappa shape index (κ3) is 7.08. The summed E-state index contributed by atoms with van der Waals surface area (Å²) in [6.45, 7) is -2.14. The second kappa shape index (κ2) is 13.6. The van der Waals surface area contributed by atoms with Crippen LogP contribution in [0.5, 0.6) is 0 Å². The van der Waals surface area contributed by atoms with Gasteiger partial charge in [0.15, 0.2) is 6.29 Å². The van der Waals surface area contributed by atoms with Gasteiger partial charge in [0.25, 0.3) is 0 Å². The molecule has 2 saturated heterocycles. The fourth-order valence-corrected chi connectivity index (χ4v) is 3.89. The molecule has 196 valence electrons. The largest absolute Gasteiger partial charge is 0.463 e. The summed E-state index contributed by atoms with van der Waals surface area (Å²) in [6.07, 6.45) is -2.64. The van der Waals surface area contributed by atoms with Gasteiger partial charge in [-0.2, -0.15) is 0 Å². The zero-order valence-electron chi connectivity index (χ0n) is 18.9. The minimum Gasteiger partial charge on any atom is -0.463 e. The molecule has 2 rings (SSSR count). The summed E-state index contributed by atoms with van der Waals surface area (Å²) in [5, 5.41) is 69.9. The maximum atomic E-state index is 12.0. The highest BCUT2D eigenvalue weighted by Crippen LogP contribution is 2.36. The van der Waals surface area contributed by atoms with E-state index in [1.54, 1.807) is 0 Å². The number of terminal acetylenes is 1. The lowest BCUT2D eigenvalue weighted by molar-refractivity contribution is -0.383. The Balaban J connectivity index is 1.88. The summed E-state index contributed by atoms with van der Waals surface area (Å²) in [7, 11) is 0. The Labute approximate surface area is 198 Å². The van der Waals surface area contributed by atoms with Crippen LogP contribution in [0, 0.1) is 12.3 Å². The lowest BCUT2D eigenvalue weighted by Crippen LogP contribution is -2.62. The van der Waals surface area contributed by atoms with Gasteiger partial charge in [0, 0.05) is 12.8 Å². The van der Waals surface area contributed by atoms with Crippen LogP contribution in [0.25, 0.3) is 0 Å². The number of unbranched alkanes of at least 4 members (excludes halogenated alkanes) is 5. The number of carbonyl (C=O) groups is 1. The Morgan fingerprint density at radius 1 is 0.912 bits per heavy atom. The van der Waals surface area contributed by atoms with Crippen LogP contribution >= 0.6 is 0 Å². The normalized spacial score (nSPS) is 37.9. The monoisotopic (exact) mass is 492 g/mol. The molecule has 2 aliphatic heterocycles. The molecule has 2 aliphatic rings. The second-order valence-corrected chi connectivity index (χ2v) is 8.53. The second-order valence-electron chi connectivity index (χ2n) is 8.53. The van der Waals surface area contributed by atoms with Gasteiger partial charge in [-0.3, -0.25) is 4.79 Å². The summed E-state index contributed by atoms with van der Waals surface area (Å²) >= 11 is 0. The molecule has 0 radical (unpaired) electrons. The van der Waals surface area contributed by atoms with Crippen LogP contribution in [-0.4, -0.2) is 116 Å². The maximum absolute atomic E-state index is 12.0. The first-order chi connectivity index (χ1) is 16.2. The molecule has 12 nitrogen and oxygen atoms in total. The fraction of sp³-hybridized carbons (Fsp3) is 0.864. The lowest BCUT2D eigenvalue weighted by Gasteiger charge is -2.43. The van der Waals surface area contributed by atoms with Gasteiger partial charge in [-0.05, 0) is 12.8 Å². The summed E-state index contributed by atoms with van der Waals surface area (Å²) in [5.41, 5.74) is 0. The smallest absolute Gasteiger partial charge is 0.305 e. The Hall–Kier alpha value is -1.37. The Morgan fingerprint density at radius 3 is 2.21 bits per heavy atom. The number of rotatable bonds is 13.